The third-order valence-electron chi connectivity index (χ3n) is 3.46. The van der Waals surface area contributed by atoms with Gasteiger partial charge >= 0.3 is 0 Å². The summed E-state index contributed by atoms with van der Waals surface area (Å²) in [5.74, 6) is -0.0334. The second kappa shape index (κ2) is 6.15. The Morgan fingerprint density at radius 1 is 1.26 bits per heavy atom. The summed E-state index contributed by atoms with van der Waals surface area (Å²) in [7, 11) is -3.52. The van der Waals surface area contributed by atoms with Crippen molar-refractivity contribution in [1.82, 2.24) is 4.72 Å². The maximum absolute atomic E-state index is 12.2. The topological polar surface area (TPSA) is 66.4 Å². The van der Waals surface area contributed by atoms with Gasteiger partial charge in [0.1, 0.15) is 5.75 Å². The number of phenolic OH excluding ortho intramolecular Hbond substituents is 1. The SMILES string of the molecule is CSC1CCC(NS(=O)(=O)c2cccc(O)c2)CC1. The fourth-order valence-corrected chi connectivity index (χ4v) is 4.44. The van der Waals surface area contributed by atoms with E-state index in [2.05, 4.69) is 11.0 Å². The van der Waals surface area contributed by atoms with Crippen molar-refractivity contribution in [3.8, 4) is 5.75 Å². The molecule has 0 heterocycles. The standard InChI is InChI=1S/C13H19NO3S2/c1-18-12-7-5-10(6-8-12)14-19(16,17)13-4-2-3-11(15)9-13/h2-4,9-10,12,14-15H,5-8H2,1H3. The number of hydrogen-bond acceptors (Lipinski definition) is 4. The predicted octanol–water partition coefficient (Wildman–Crippen LogP) is 2.34. The molecule has 2 N–H and O–H groups in total. The maximum Gasteiger partial charge on any atom is 0.240 e. The lowest BCUT2D eigenvalue weighted by Crippen LogP contribution is -2.38. The number of thioether (sulfide) groups is 1. The minimum atomic E-state index is -3.52. The molecule has 0 amide bonds. The fourth-order valence-electron chi connectivity index (χ4n) is 2.35. The van der Waals surface area contributed by atoms with Gasteiger partial charge in [-0.05, 0) is 50.1 Å². The zero-order valence-corrected chi connectivity index (χ0v) is 12.5. The van der Waals surface area contributed by atoms with Crippen molar-refractivity contribution in [3.63, 3.8) is 0 Å². The molecule has 1 aromatic rings. The highest BCUT2D eigenvalue weighted by molar-refractivity contribution is 7.99. The van der Waals surface area contributed by atoms with Gasteiger partial charge in [-0.25, -0.2) is 13.1 Å². The van der Waals surface area contributed by atoms with Gasteiger partial charge in [0.15, 0.2) is 0 Å². The Morgan fingerprint density at radius 3 is 2.53 bits per heavy atom. The highest BCUT2D eigenvalue weighted by atomic mass is 32.2. The van der Waals surface area contributed by atoms with E-state index in [1.165, 1.54) is 24.3 Å². The van der Waals surface area contributed by atoms with Gasteiger partial charge in [-0.2, -0.15) is 11.8 Å². The number of hydrogen-bond donors (Lipinski definition) is 2. The summed E-state index contributed by atoms with van der Waals surface area (Å²) in [6, 6.07) is 5.78. The number of phenols is 1. The molecule has 1 aliphatic rings. The van der Waals surface area contributed by atoms with Crippen LogP contribution >= 0.6 is 11.8 Å². The Labute approximate surface area is 118 Å². The lowest BCUT2D eigenvalue weighted by molar-refractivity contribution is 0.419. The van der Waals surface area contributed by atoms with Crippen LogP contribution in [0.25, 0.3) is 0 Å². The molecule has 106 valence electrons. The first-order valence-electron chi connectivity index (χ1n) is 6.35. The molecule has 0 aliphatic heterocycles. The normalized spacial score (nSPS) is 24.3. The lowest BCUT2D eigenvalue weighted by Gasteiger charge is -2.27. The summed E-state index contributed by atoms with van der Waals surface area (Å²) >= 11 is 1.85. The largest absolute Gasteiger partial charge is 0.508 e. The Kier molecular flexibility index (Phi) is 4.76. The first kappa shape index (κ1) is 14.7. The molecule has 0 spiro atoms. The van der Waals surface area contributed by atoms with Crippen molar-refractivity contribution in [2.75, 3.05) is 6.26 Å². The minimum Gasteiger partial charge on any atom is -0.508 e. The molecular formula is C13H19NO3S2. The van der Waals surface area contributed by atoms with Gasteiger partial charge in [-0.3, -0.25) is 0 Å². The van der Waals surface area contributed by atoms with Crippen LogP contribution in [0.3, 0.4) is 0 Å². The van der Waals surface area contributed by atoms with Crippen LogP contribution < -0.4 is 4.72 Å². The molecule has 2 rings (SSSR count). The van der Waals surface area contributed by atoms with E-state index in [0.717, 1.165) is 25.7 Å². The summed E-state index contributed by atoms with van der Waals surface area (Å²) in [5, 5.41) is 10.0. The monoisotopic (exact) mass is 301 g/mol. The number of rotatable bonds is 4. The minimum absolute atomic E-state index is 0.00995. The quantitative estimate of drug-likeness (QED) is 0.896. The molecule has 0 radical (unpaired) electrons. The third-order valence-corrected chi connectivity index (χ3v) is 6.11. The van der Waals surface area contributed by atoms with Crippen molar-refractivity contribution < 1.29 is 13.5 Å². The smallest absolute Gasteiger partial charge is 0.240 e. The van der Waals surface area contributed by atoms with Gasteiger partial charge in [0, 0.05) is 11.3 Å². The molecule has 1 aromatic carbocycles. The van der Waals surface area contributed by atoms with Crippen LogP contribution in [-0.2, 0) is 10.0 Å². The van der Waals surface area contributed by atoms with Crippen LogP contribution in [0.5, 0.6) is 5.75 Å². The summed E-state index contributed by atoms with van der Waals surface area (Å²) in [6.45, 7) is 0. The molecule has 1 saturated carbocycles. The molecular weight excluding hydrogens is 282 g/mol. The second-order valence-corrected chi connectivity index (χ2v) is 7.68. The van der Waals surface area contributed by atoms with Crippen molar-refractivity contribution in [3.05, 3.63) is 24.3 Å². The van der Waals surface area contributed by atoms with Gasteiger partial charge in [-0.1, -0.05) is 6.07 Å². The van der Waals surface area contributed by atoms with Crippen molar-refractivity contribution in [2.45, 2.75) is 41.9 Å². The van der Waals surface area contributed by atoms with E-state index >= 15 is 0 Å². The van der Waals surface area contributed by atoms with Gasteiger partial charge in [0.05, 0.1) is 4.90 Å². The Morgan fingerprint density at radius 2 is 1.95 bits per heavy atom. The van der Waals surface area contributed by atoms with Crippen LogP contribution in [-0.4, -0.2) is 31.1 Å². The number of nitrogens with one attached hydrogen (secondary N) is 1. The molecule has 0 saturated heterocycles. The molecule has 0 bridgehead atoms. The summed E-state index contributed by atoms with van der Waals surface area (Å²) in [5.41, 5.74) is 0. The first-order valence-corrected chi connectivity index (χ1v) is 9.12. The molecule has 4 nitrogen and oxygen atoms in total. The van der Waals surface area contributed by atoms with E-state index in [0.29, 0.717) is 5.25 Å². The van der Waals surface area contributed by atoms with Crippen LogP contribution in [0.1, 0.15) is 25.7 Å². The zero-order chi connectivity index (χ0) is 13.9. The maximum atomic E-state index is 12.2. The van der Waals surface area contributed by atoms with Gasteiger partial charge in [0.25, 0.3) is 0 Å². The summed E-state index contributed by atoms with van der Waals surface area (Å²) in [4.78, 5) is 0.125. The number of aromatic hydroxyl groups is 1. The first-order chi connectivity index (χ1) is 9.01. The molecule has 0 atom stereocenters. The predicted molar refractivity (Wildman–Crippen MR) is 78.0 cm³/mol. The molecule has 1 fully saturated rings. The van der Waals surface area contributed by atoms with Gasteiger partial charge in [0.2, 0.25) is 10.0 Å². The van der Waals surface area contributed by atoms with E-state index in [9.17, 15) is 13.5 Å². The van der Waals surface area contributed by atoms with E-state index in [4.69, 9.17) is 0 Å². The van der Waals surface area contributed by atoms with Crippen LogP contribution in [0.4, 0.5) is 0 Å². The Bertz CT molecular complexity index is 522. The lowest BCUT2D eigenvalue weighted by atomic mass is 9.96. The fraction of sp³-hybridized carbons (Fsp3) is 0.538. The average molecular weight is 301 g/mol. The van der Waals surface area contributed by atoms with E-state index < -0.39 is 10.0 Å². The van der Waals surface area contributed by atoms with E-state index in [1.807, 2.05) is 11.8 Å². The van der Waals surface area contributed by atoms with Crippen LogP contribution in [0.15, 0.2) is 29.2 Å². The average Bonchev–Trinajstić information content (AvgIpc) is 2.39. The van der Waals surface area contributed by atoms with Crippen molar-refractivity contribution in [2.24, 2.45) is 0 Å². The number of sulfonamides is 1. The molecule has 6 heteroatoms. The number of benzene rings is 1. The molecule has 0 aromatic heterocycles. The van der Waals surface area contributed by atoms with Gasteiger partial charge < -0.3 is 5.11 Å². The molecule has 0 unspecified atom stereocenters. The molecule has 19 heavy (non-hydrogen) atoms. The van der Waals surface area contributed by atoms with Crippen molar-refractivity contribution in [1.29, 1.82) is 0 Å². The third kappa shape index (κ3) is 3.87. The highest BCUT2D eigenvalue weighted by Gasteiger charge is 2.25. The van der Waals surface area contributed by atoms with E-state index in [1.54, 1.807) is 0 Å². The van der Waals surface area contributed by atoms with Crippen molar-refractivity contribution >= 4 is 21.8 Å². The van der Waals surface area contributed by atoms with Crippen LogP contribution in [0.2, 0.25) is 0 Å². The highest BCUT2D eigenvalue weighted by Crippen LogP contribution is 2.28. The Balaban J connectivity index is 2.02. The van der Waals surface area contributed by atoms with Gasteiger partial charge in [-0.15, -0.1) is 0 Å². The van der Waals surface area contributed by atoms with Crippen LogP contribution in [0, 0.1) is 0 Å². The zero-order valence-electron chi connectivity index (χ0n) is 10.9. The Hall–Kier alpha value is -0.720. The summed E-state index contributed by atoms with van der Waals surface area (Å²) in [6.07, 6.45) is 5.96. The summed E-state index contributed by atoms with van der Waals surface area (Å²) < 4.78 is 27.1. The second-order valence-electron chi connectivity index (χ2n) is 4.83. The van der Waals surface area contributed by atoms with E-state index in [-0.39, 0.29) is 16.7 Å². The molecule has 1 aliphatic carbocycles.